The predicted molar refractivity (Wildman–Crippen MR) is 120 cm³/mol. The molecule has 0 fully saturated rings. The predicted octanol–water partition coefficient (Wildman–Crippen LogP) is 3.34. The third kappa shape index (κ3) is 5.91. The van der Waals surface area contributed by atoms with Gasteiger partial charge in [0.05, 0.1) is 30.3 Å². The monoisotopic (exact) mass is 460 g/mol. The highest BCUT2D eigenvalue weighted by Gasteiger charge is 2.20. The summed E-state index contributed by atoms with van der Waals surface area (Å²) in [6.45, 7) is 5.90. The summed E-state index contributed by atoms with van der Waals surface area (Å²) < 4.78 is 16.1. The van der Waals surface area contributed by atoms with Crippen LogP contribution in [0.5, 0.6) is 11.5 Å². The van der Waals surface area contributed by atoms with Crippen molar-refractivity contribution in [3.05, 3.63) is 51.5 Å². The summed E-state index contributed by atoms with van der Waals surface area (Å²) in [5.41, 5.74) is 3.82. The van der Waals surface area contributed by atoms with Gasteiger partial charge < -0.3 is 24.8 Å². The average molecular weight is 461 g/mol. The van der Waals surface area contributed by atoms with E-state index in [4.69, 9.17) is 25.8 Å². The zero-order valence-electron chi connectivity index (χ0n) is 18.2. The number of nitrogens with one attached hydrogen (secondary N) is 2. The molecule has 0 atom stereocenters. The highest BCUT2D eigenvalue weighted by molar-refractivity contribution is 6.32. The Morgan fingerprint density at radius 2 is 1.69 bits per heavy atom. The molecule has 2 aromatic carbocycles. The summed E-state index contributed by atoms with van der Waals surface area (Å²) in [4.78, 5) is 36.5. The molecule has 1 aliphatic heterocycles. The minimum Gasteiger partial charge on any atom is -0.489 e. The van der Waals surface area contributed by atoms with Crippen molar-refractivity contribution in [1.29, 1.82) is 0 Å². The van der Waals surface area contributed by atoms with Crippen molar-refractivity contribution in [1.82, 2.24) is 5.32 Å². The van der Waals surface area contributed by atoms with Gasteiger partial charge in [0.25, 0.3) is 5.91 Å². The van der Waals surface area contributed by atoms with Crippen molar-refractivity contribution in [2.24, 2.45) is 0 Å². The van der Waals surface area contributed by atoms with E-state index >= 15 is 0 Å². The van der Waals surface area contributed by atoms with Crippen LogP contribution >= 0.6 is 11.6 Å². The second-order valence-corrected chi connectivity index (χ2v) is 7.92. The topological polar surface area (TPSA) is 103 Å². The Kier molecular flexibility index (Phi) is 7.58. The maximum atomic E-state index is 12.3. The Morgan fingerprint density at radius 3 is 2.41 bits per heavy atom. The van der Waals surface area contributed by atoms with Crippen LogP contribution in [0.3, 0.4) is 0 Å². The van der Waals surface area contributed by atoms with E-state index in [2.05, 4.69) is 10.6 Å². The molecule has 0 spiro atoms. The van der Waals surface area contributed by atoms with Crippen LogP contribution < -0.4 is 20.1 Å². The third-order valence-corrected chi connectivity index (χ3v) is 5.04. The van der Waals surface area contributed by atoms with Gasteiger partial charge in [0, 0.05) is 12.1 Å². The molecule has 32 heavy (non-hydrogen) atoms. The van der Waals surface area contributed by atoms with Crippen molar-refractivity contribution in [3.8, 4) is 11.5 Å². The number of carbonyl (C=O) groups excluding carboxylic acids is 3. The Labute approximate surface area is 191 Å². The highest BCUT2D eigenvalue weighted by atomic mass is 35.5. The molecule has 0 aliphatic carbocycles. The van der Waals surface area contributed by atoms with Gasteiger partial charge in [-0.05, 0) is 44.0 Å². The molecule has 3 rings (SSSR count). The van der Waals surface area contributed by atoms with Gasteiger partial charge in [0.15, 0.2) is 18.1 Å². The molecule has 8 nitrogen and oxygen atoms in total. The lowest BCUT2D eigenvalue weighted by Crippen LogP contribution is -2.35. The SMILES string of the molecule is Cc1cc(C)c(NC(=O)CNC(=O)COC(=O)c2cc(Cl)c3c(c2)OCCCO3)c(C)c1. The fourth-order valence-electron chi connectivity index (χ4n) is 3.35. The van der Waals surface area contributed by atoms with Crippen molar-refractivity contribution >= 4 is 35.1 Å². The fraction of sp³-hybridized carbons (Fsp3) is 0.348. The van der Waals surface area contributed by atoms with E-state index in [1.54, 1.807) is 0 Å². The summed E-state index contributed by atoms with van der Waals surface area (Å²) in [5, 5.41) is 5.44. The number of rotatable bonds is 6. The second kappa shape index (κ2) is 10.4. The van der Waals surface area contributed by atoms with Crippen LogP contribution in [-0.2, 0) is 14.3 Å². The second-order valence-electron chi connectivity index (χ2n) is 7.51. The van der Waals surface area contributed by atoms with Crippen molar-refractivity contribution < 1.29 is 28.6 Å². The largest absolute Gasteiger partial charge is 0.489 e. The number of carbonyl (C=O) groups is 3. The normalized spacial score (nSPS) is 12.5. The van der Waals surface area contributed by atoms with Crippen LogP contribution in [0.2, 0.25) is 5.02 Å². The van der Waals surface area contributed by atoms with E-state index in [9.17, 15) is 14.4 Å². The third-order valence-electron chi connectivity index (χ3n) is 4.76. The number of esters is 1. The number of ether oxygens (including phenoxy) is 3. The molecule has 170 valence electrons. The highest BCUT2D eigenvalue weighted by Crippen LogP contribution is 2.38. The fourth-order valence-corrected chi connectivity index (χ4v) is 3.62. The van der Waals surface area contributed by atoms with Crippen LogP contribution in [0.15, 0.2) is 24.3 Å². The van der Waals surface area contributed by atoms with Gasteiger partial charge in [-0.25, -0.2) is 4.79 Å². The van der Waals surface area contributed by atoms with Gasteiger partial charge in [-0.15, -0.1) is 0 Å². The molecule has 0 saturated carbocycles. The Hall–Kier alpha value is -3.26. The lowest BCUT2D eigenvalue weighted by Gasteiger charge is -2.13. The minimum absolute atomic E-state index is 0.134. The molecule has 0 aromatic heterocycles. The Morgan fingerprint density at radius 1 is 1.00 bits per heavy atom. The molecule has 0 unspecified atom stereocenters. The number of hydrogen-bond donors (Lipinski definition) is 2. The molecule has 0 bridgehead atoms. The van der Waals surface area contributed by atoms with Crippen LogP contribution in [0.1, 0.15) is 33.5 Å². The van der Waals surface area contributed by atoms with E-state index in [0.717, 1.165) is 16.7 Å². The quantitative estimate of drug-likeness (QED) is 0.641. The molecule has 9 heteroatoms. The molecule has 2 N–H and O–H groups in total. The number of amides is 2. The smallest absolute Gasteiger partial charge is 0.338 e. The molecule has 0 radical (unpaired) electrons. The van der Waals surface area contributed by atoms with Crippen LogP contribution in [0, 0.1) is 20.8 Å². The summed E-state index contributed by atoms with van der Waals surface area (Å²) >= 11 is 6.17. The first-order valence-electron chi connectivity index (χ1n) is 10.1. The molecule has 2 aromatic rings. The first-order valence-corrected chi connectivity index (χ1v) is 10.5. The zero-order chi connectivity index (χ0) is 23.3. The van der Waals surface area contributed by atoms with E-state index in [1.807, 2.05) is 32.9 Å². The Balaban J connectivity index is 1.50. The van der Waals surface area contributed by atoms with Crippen molar-refractivity contribution in [3.63, 3.8) is 0 Å². The number of hydrogen-bond acceptors (Lipinski definition) is 6. The summed E-state index contributed by atoms with van der Waals surface area (Å²) in [5.74, 6) is -0.998. The number of halogens is 1. The standard InChI is InChI=1S/C23H25ClN2O6/c1-13-7-14(2)21(15(3)8-13)26-19(27)11-25-20(28)12-32-23(29)16-9-17(24)22-18(10-16)30-5-4-6-31-22/h7-10H,4-6,11-12H2,1-3H3,(H,25,28)(H,26,27). The number of aryl methyl sites for hydroxylation is 3. The van der Waals surface area contributed by atoms with Crippen molar-refractivity contribution in [2.45, 2.75) is 27.2 Å². The average Bonchev–Trinajstić information content (AvgIpc) is 2.99. The zero-order valence-corrected chi connectivity index (χ0v) is 18.9. The van der Waals surface area contributed by atoms with Crippen LogP contribution in [-0.4, -0.2) is 44.1 Å². The molecule has 2 amide bonds. The van der Waals surface area contributed by atoms with Gasteiger partial charge in [-0.1, -0.05) is 29.3 Å². The molecule has 1 aliphatic rings. The maximum absolute atomic E-state index is 12.3. The molecular formula is C23H25ClN2O6. The van der Waals surface area contributed by atoms with Gasteiger partial charge in [0.1, 0.15) is 0 Å². The van der Waals surface area contributed by atoms with Crippen LogP contribution in [0.25, 0.3) is 0 Å². The summed E-state index contributed by atoms with van der Waals surface area (Å²) in [6, 6.07) is 6.79. The van der Waals surface area contributed by atoms with Gasteiger partial charge in [0.2, 0.25) is 5.91 Å². The number of fused-ring (bicyclic) bond motifs is 1. The first kappa shape index (κ1) is 23.4. The van der Waals surface area contributed by atoms with Crippen LogP contribution in [0.4, 0.5) is 5.69 Å². The molecular weight excluding hydrogens is 436 g/mol. The van der Waals surface area contributed by atoms with E-state index < -0.39 is 18.5 Å². The number of benzene rings is 2. The first-order chi connectivity index (χ1) is 15.2. The molecule has 1 heterocycles. The lowest BCUT2D eigenvalue weighted by atomic mass is 10.1. The van der Waals surface area contributed by atoms with E-state index in [-0.39, 0.29) is 23.0 Å². The van der Waals surface area contributed by atoms with Gasteiger partial charge in [-0.3, -0.25) is 9.59 Å². The molecule has 0 saturated heterocycles. The summed E-state index contributed by atoms with van der Waals surface area (Å²) in [7, 11) is 0. The maximum Gasteiger partial charge on any atom is 0.338 e. The number of anilines is 1. The lowest BCUT2D eigenvalue weighted by molar-refractivity contribution is -0.126. The summed E-state index contributed by atoms with van der Waals surface area (Å²) in [6.07, 6.45) is 0.696. The minimum atomic E-state index is -0.743. The van der Waals surface area contributed by atoms with Gasteiger partial charge >= 0.3 is 5.97 Å². The van der Waals surface area contributed by atoms with Crippen molar-refractivity contribution in [2.75, 3.05) is 31.7 Å². The Bertz CT molecular complexity index is 1030. The van der Waals surface area contributed by atoms with Gasteiger partial charge in [-0.2, -0.15) is 0 Å². The van der Waals surface area contributed by atoms with E-state index in [0.29, 0.717) is 36.8 Å². The van der Waals surface area contributed by atoms with E-state index in [1.165, 1.54) is 12.1 Å².